The lowest BCUT2D eigenvalue weighted by atomic mass is 9.96. The smallest absolute Gasteiger partial charge is 0.180 e. The van der Waals surface area contributed by atoms with Crippen LogP contribution in [0.1, 0.15) is 30.9 Å². The second-order valence-corrected chi connectivity index (χ2v) is 4.05. The van der Waals surface area contributed by atoms with Crippen molar-refractivity contribution in [1.82, 2.24) is 15.2 Å². The number of H-pyrrole nitrogens is 1. The quantitative estimate of drug-likeness (QED) is 0.811. The molecule has 3 heteroatoms. The van der Waals surface area contributed by atoms with E-state index in [1.165, 1.54) is 11.1 Å². The molecule has 0 radical (unpaired) electrons. The van der Waals surface area contributed by atoms with Crippen molar-refractivity contribution in [3.05, 3.63) is 35.7 Å². The minimum atomic E-state index is 0.561. The molecule has 1 N–H and O–H groups in total. The molecule has 1 aromatic carbocycles. The summed E-state index contributed by atoms with van der Waals surface area (Å²) in [5, 5.41) is 6.79. The largest absolute Gasteiger partial charge is 0.265 e. The van der Waals surface area contributed by atoms with Crippen LogP contribution in [-0.4, -0.2) is 15.2 Å². The minimum Gasteiger partial charge on any atom is -0.265 e. The maximum atomic E-state index is 4.14. The Labute approximate surface area is 89.6 Å². The number of hydrogen-bond donors (Lipinski definition) is 1. The van der Waals surface area contributed by atoms with Crippen molar-refractivity contribution in [3.63, 3.8) is 0 Å². The highest BCUT2D eigenvalue weighted by Crippen LogP contribution is 2.23. The Bertz CT molecular complexity index is 444. The number of aromatic nitrogens is 3. The summed E-state index contributed by atoms with van der Waals surface area (Å²) in [6, 6.07) is 6.37. The van der Waals surface area contributed by atoms with Gasteiger partial charge in [0, 0.05) is 5.56 Å². The van der Waals surface area contributed by atoms with Gasteiger partial charge in [0.1, 0.15) is 6.33 Å². The van der Waals surface area contributed by atoms with Crippen molar-refractivity contribution >= 4 is 0 Å². The average Bonchev–Trinajstić information content (AvgIpc) is 2.69. The van der Waals surface area contributed by atoms with E-state index in [4.69, 9.17) is 0 Å². The van der Waals surface area contributed by atoms with E-state index >= 15 is 0 Å². The summed E-state index contributed by atoms with van der Waals surface area (Å²) < 4.78 is 0. The number of aryl methyl sites for hydroxylation is 1. The zero-order valence-electron chi connectivity index (χ0n) is 9.28. The molecule has 2 rings (SSSR count). The van der Waals surface area contributed by atoms with E-state index < -0.39 is 0 Å². The fourth-order valence-corrected chi connectivity index (χ4v) is 1.81. The van der Waals surface area contributed by atoms with E-state index in [1.807, 2.05) is 0 Å². The monoisotopic (exact) mass is 201 g/mol. The third-order valence-corrected chi connectivity index (χ3v) is 2.57. The normalized spacial score (nSPS) is 10.9. The molecule has 0 aliphatic rings. The Kier molecular flexibility index (Phi) is 2.54. The summed E-state index contributed by atoms with van der Waals surface area (Å²) in [4.78, 5) is 4.14. The Hall–Kier alpha value is -1.64. The van der Waals surface area contributed by atoms with Crippen LogP contribution in [-0.2, 0) is 0 Å². The average molecular weight is 201 g/mol. The fourth-order valence-electron chi connectivity index (χ4n) is 1.81. The molecule has 3 nitrogen and oxygen atoms in total. The molecule has 0 spiro atoms. The standard InChI is InChI=1S/C12H15N3/c1-8(2)11-5-4-10(6-9(11)3)12-13-7-14-15-12/h4-8H,1-3H3,(H,13,14,15). The lowest BCUT2D eigenvalue weighted by molar-refractivity contribution is 0.856. The van der Waals surface area contributed by atoms with Crippen molar-refractivity contribution in [2.24, 2.45) is 0 Å². The van der Waals surface area contributed by atoms with Crippen molar-refractivity contribution < 1.29 is 0 Å². The third kappa shape index (κ3) is 1.91. The van der Waals surface area contributed by atoms with E-state index in [0.29, 0.717) is 5.92 Å². The predicted molar refractivity (Wildman–Crippen MR) is 60.6 cm³/mol. The van der Waals surface area contributed by atoms with Crippen LogP contribution in [0.15, 0.2) is 24.5 Å². The van der Waals surface area contributed by atoms with Gasteiger partial charge >= 0.3 is 0 Å². The summed E-state index contributed by atoms with van der Waals surface area (Å²) in [7, 11) is 0. The van der Waals surface area contributed by atoms with E-state index in [2.05, 4.69) is 54.2 Å². The molecule has 78 valence electrons. The summed E-state index contributed by atoms with van der Waals surface area (Å²) in [6.45, 7) is 6.54. The van der Waals surface area contributed by atoms with Gasteiger partial charge < -0.3 is 0 Å². The van der Waals surface area contributed by atoms with Gasteiger partial charge in [-0.2, -0.15) is 5.10 Å². The number of hydrogen-bond acceptors (Lipinski definition) is 2. The molecular weight excluding hydrogens is 186 g/mol. The van der Waals surface area contributed by atoms with Gasteiger partial charge in [-0.15, -0.1) is 0 Å². The molecule has 0 saturated carbocycles. The Morgan fingerprint density at radius 1 is 1.27 bits per heavy atom. The van der Waals surface area contributed by atoms with Gasteiger partial charge in [0.2, 0.25) is 0 Å². The molecule has 1 heterocycles. The third-order valence-electron chi connectivity index (χ3n) is 2.57. The first-order valence-corrected chi connectivity index (χ1v) is 5.15. The highest BCUT2D eigenvalue weighted by atomic mass is 15.2. The molecule has 0 amide bonds. The molecule has 0 atom stereocenters. The van der Waals surface area contributed by atoms with E-state index in [-0.39, 0.29) is 0 Å². The molecule has 0 aliphatic carbocycles. The van der Waals surface area contributed by atoms with Crippen molar-refractivity contribution in [2.75, 3.05) is 0 Å². The Balaban J connectivity index is 2.42. The van der Waals surface area contributed by atoms with Gasteiger partial charge in [-0.05, 0) is 30.0 Å². The molecule has 0 bridgehead atoms. The number of aromatic amines is 1. The fraction of sp³-hybridized carbons (Fsp3) is 0.333. The first-order valence-electron chi connectivity index (χ1n) is 5.15. The van der Waals surface area contributed by atoms with E-state index in [1.54, 1.807) is 6.33 Å². The molecule has 0 saturated heterocycles. The number of benzene rings is 1. The minimum absolute atomic E-state index is 0.561. The van der Waals surface area contributed by atoms with Gasteiger partial charge in [0.25, 0.3) is 0 Å². The van der Waals surface area contributed by atoms with Crippen molar-refractivity contribution in [1.29, 1.82) is 0 Å². The summed E-state index contributed by atoms with van der Waals surface area (Å²) in [5.41, 5.74) is 3.75. The van der Waals surface area contributed by atoms with Crippen LogP contribution in [0.5, 0.6) is 0 Å². The van der Waals surface area contributed by atoms with E-state index in [0.717, 1.165) is 11.4 Å². The van der Waals surface area contributed by atoms with Crippen LogP contribution in [0.2, 0.25) is 0 Å². The van der Waals surface area contributed by atoms with Crippen LogP contribution in [0, 0.1) is 6.92 Å². The maximum Gasteiger partial charge on any atom is 0.180 e. The van der Waals surface area contributed by atoms with Crippen molar-refractivity contribution in [3.8, 4) is 11.4 Å². The second-order valence-electron chi connectivity index (χ2n) is 4.05. The topological polar surface area (TPSA) is 41.6 Å². The van der Waals surface area contributed by atoms with E-state index in [9.17, 15) is 0 Å². The van der Waals surface area contributed by atoms with Gasteiger partial charge in [-0.1, -0.05) is 26.0 Å². The zero-order valence-corrected chi connectivity index (χ0v) is 9.28. The maximum absolute atomic E-state index is 4.14. The molecule has 15 heavy (non-hydrogen) atoms. The number of nitrogens with one attached hydrogen (secondary N) is 1. The summed E-state index contributed by atoms with van der Waals surface area (Å²) >= 11 is 0. The highest BCUT2D eigenvalue weighted by molar-refractivity contribution is 5.56. The van der Waals surface area contributed by atoms with Crippen LogP contribution >= 0.6 is 0 Å². The summed E-state index contributed by atoms with van der Waals surface area (Å²) in [6.07, 6.45) is 1.60. The molecule has 0 unspecified atom stereocenters. The SMILES string of the molecule is Cc1cc(-c2nc[nH]n2)ccc1C(C)C. The van der Waals surface area contributed by atoms with Crippen LogP contribution in [0.25, 0.3) is 11.4 Å². The molecule has 0 fully saturated rings. The first kappa shape index (κ1) is 9.90. The van der Waals surface area contributed by atoms with Gasteiger partial charge in [-0.25, -0.2) is 4.98 Å². The summed E-state index contributed by atoms with van der Waals surface area (Å²) in [5.74, 6) is 1.32. The zero-order chi connectivity index (χ0) is 10.8. The molecule has 2 aromatic rings. The molecular formula is C12H15N3. The Morgan fingerprint density at radius 2 is 2.07 bits per heavy atom. The molecule has 0 aliphatic heterocycles. The lowest BCUT2D eigenvalue weighted by Gasteiger charge is -2.10. The van der Waals surface area contributed by atoms with Crippen LogP contribution in [0.3, 0.4) is 0 Å². The van der Waals surface area contributed by atoms with Crippen LogP contribution < -0.4 is 0 Å². The van der Waals surface area contributed by atoms with Gasteiger partial charge in [-0.3, -0.25) is 5.10 Å². The van der Waals surface area contributed by atoms with Gasteiger partial charge in [0.15, 0.2) is 5.82 Å². The Morgan fingerprint density at radius 3 is 2.60 bits per heavy atom. The lowest BCUT2D eigenvalue weighted by Crippen LogP contribution is -1.92. The molecule has 1 aromatic heterocycles. The van der Waals surface area contributed by atoms with Gasteiger partial charge in [0.05, 0.1) is 0 Å². The number of rotatable bonds is 2. The first-order chi connectivity index (χ1) is 7.18. The number of nitrogens with zero attached hydrogens (tertiary/aromatic N) is 2. The van der Waals surface area contributed by atoms with Crippen molar-refractivity contribution in [2.45, 2.75) is 26.7 Å². The highest BCUT2D eigenvalue weighted by Gasteiger charge is 2.06. The second kappa shape index (κ2) is 3.85. The van der Waals surface area contributed by atoms with Crippen LogP contribution in [0.4, 0.5) is 0 Å². The predicted octanol–water partition coefficient (Wildman–Crippen LogP) is 2.90.